The molecule has 0 aliphatic carbocycles. The summed E-state index contributed by atoms with van der Waals surface area (Å²) in [5.74, 6) is -0.343. The molecule has 3 aromatic carbocycles. The number of sulfonamides is 1. The van der Waals surface area contributed by atoms with Crippen LogP contribution in [-0.4, -0.2) is 58.0 Å². The zero-order valence-electron chi connectivity index (χ0n) is 19.0. The molecule has 1 saturated heterocycles. The van der Waals surface area contributed by atoms with E-state index < -0.39 is 10.0 Å². The number of nitrogens with one attached hydrogen (secondary N) is 1. The highest BCUT2D eigenvalue weighted by Gasteiger charge is 2.26. The average molecular weight is 468 g/mol. The lowest BCUT2D eigenvalue weighted by Gasteiger charge is -2.31. The van der Waals surface area contributed by atoms with E-state index in [4.69, 9.17) is 4.74 Å². The zero-order chi connectivity index (χ0) is 23.4. The van der Waals surface area contributed by atoms with E-state index >= 15 is 0 Å². The van der Waals surface area contributed by atoms with E-state index in [0.29, 0.717) is 56.3 Å². The number of nitrogens with zero attached hydrogens (tertiary/aromatic N) is 2. The zero-order valence-corrected chi connectivity index (χ0v) is 19.8. The highest BCUT2D eigenvalue weighted by molar-refractivity contribution is 7.89. The first-order chi connectivity index (χ1) is 16.0. The predicted octanol–water partition coefficient (Wildman–Crippen LogP) is 3.96. The van der Waals surface area contributed by atoms with Crippen LogP contribution in [0, 0.1) is 0 Å². The summed E-state index contributed by atoms with van der Waals surface area (Å²) in [4.78, 5) is 15.7. The molecular weight excluding hydrogens is 438 g/mol. The van der Waals surface area contributed by atoms with Crippen molar-refractivity contribution in [3.05, 3.63) is 66.2 Å². The van der Waals surface area contributed by atoms with E-state index in [0.717, 1.165) is 10.8 Å². The van der Waals surface area contributed by atoms with Crippen LogP contribution in [0.4, 0.5) is 11.4 Å². The number of morpholine rings is 1. The van der Waals surface area contributed by atoms with E-state index in [1.807, 2.05) is 42.5 Å². The molecule has 1 heterocycles. The number of benzene rings is 3. The van der Waals surface area contributed by atoms with E-state index in [9.17, 15) is 13.2 Å². The summed E-state index contributed by atoms with van der Waals surface area (Å²) in [6.07, 6.45) is 0. The molecule has 33 heavy (non-hydrogen) atoms. The molecule has 0 aromatic heterocycles. The Balaban J connectivity index is 1.77. The molecule has 0 spiro atoms. The Kier molecular flexibility index (Phi) is 6.97. The lowest BCUT2D eigenvalue weighted by Crippen LogP contribution is -2.37. The van der Waals surface area contributed by atoms with Crippen molar-refractivity contribution >= 4 is 38.1 Å². The molecule has 3 aromatic rings. The average Bonchev–Trinajstić information content (AvgIpc) is 2.85. The number of anilines is 2. The van der Waals surface area contributed by atoms with Crippen molar-refractivity contribution in [1.29, 1.82) is 0 Å². The smallest absolute Gasteiger partial charge is 0.257 e. The lowest BCUT2D eigenvalue weighted by molar-refractivity contribution is 0.102. The number of hydrogen-bond donors (Lipinski definition) is 1. The Morgan fingerprint density at radius 1 is 1.00 bits per heavy atom. The van der Waals surface area contributed by atoms with E-state index in [2.05, 4.69) is 10.2 Å². The Labute approximate surface area is 195 Å². The fourth-order valence-corrected chi connectivity index (χ4v) is 5.66. The largest absolute Gasteiger partial charge is 0.378 e. The fourth-order valence-electron chi connectivity index (χ4n) is 4.17. The van der Waals surface area contributed by atoms with Gasteiger partial charge in [0.2, 0.25) is 10.0 Å². The number of rotatable bonds is 7. The van der Waals surface area contributed by atoms with Gasteiger partial charge in [-0.2, -0.15) is 4.31 Å². The van der Waals surface area contributed by atoms with Gasteiger partial charge in [0, 0.05) is 42.9 Å². The van der Waals surface area contributed by atoms with Gasteiger partial charge in [-0.25, -0.2) is 8.42 Å². The molecule has 0 atom stereocenters. The lowest BCUT2D eigenvalue weighted by atomic mass is 10.1. The van der Waals surface area contributed by atoms with Crippen LogP contribution in [0.5, 0.6) is 0 Å². The maximum atomic E-state index is 13.5. The van der Waals surface area contributed by atoms with E-state index in [1.165, 1.54) is 10.4 Å². The first-order valence-corrected chi connectivity index (χ1v) is 12.7. The molecule has 7 nitrogen and oxygen atoms in total. The van der Waals surface area contributed by atoms with Crippen LogP contribution in [-0.2, 0) is 14.8 Å². The second-order valence-electron chi connectivity index (χ2n) is 7.85. The van der Waals surface area contributed by atoms with Crippen molar-refractivity contribution in [2.45, 2.75) is 18.7 Å². The monoisotopic (exact) mass is 467 g/mol. The number of amides is 1. The van der Waals surface area contributed by atoms with E-state index in [1.54, 1.807) is 26.0 Å². The molecular formula is C25H29N3O4S. The third kappa shape index (κ3) is 4.73. The third-order valence-corrected chi connectivity index (χ3v) is 7.99. The van der Waals surface area contributed by atoms with Crippen LogP contribution in [0.15, 0.2) is 65.6 Å². The number of fused-ring (bicyclic) bond motifs is 1. The topological polar surface area (TPSA) is 79.0 Å². The van der Waals surface area contributed by atoms with E-state index in [-0.39, 0.29) is 10.8 Å². The van der Waals surface area contributed by atoms with Crippen molar-refractivity contribution in [3.63, 3.8) is 0 Å². The molecule has 0 radical (unpaired) electrons. The fraction of sp³-hybridized carbons (Fsp3) is 0.320. The Bertz CT molecular complexity index is 1240. The van der Waals surface area contributed by atoms with Crippen LogP contribution in [0.2, 0.25) is 0 Å². The minimum atomic E-state index is -3.70. The van der Waals surface area contributed by atoms with Gasteiger partial charge in [0.15, 0.2) is 0 Å². The maximum Gasteiger partial charge on any atom is 0.257 e. The van der Waals surface area contributed by atoms with Gasteiger partial charge in [-0.3, -0.25) is 4.79 Å². The van der Waals surface area contributed by atoms with Crippen molar-refractivity contribution in [3.8, 4) is 0 Å². The molecule has 1 fully saturated rings. The summed E-state index contributed by atoms with van der Waals surface area (Å²) < 4.78 is 33.2. The Morgan fingerprint density at radius 3 is 2.42 bits per heavy atom. The Hall–Kier alpha value is -2.94. The summed E-state index contributed by atoms with van der Waals surface area (Å²) in [5, 5.41) is 4.95. The number of carbonyl (C=O) groups is 1. The van der Waals surface area contributed by atoms with Crippen molar-refractivity contribution in [2.75, 3.05) is 49.6 Å². The minimum absolute atomic E-state index is 0.117. The van der Waals surface area contributed by atoms with Gasteiger partial charge in [-0.15, -0.1) is 0 Å². The molecule has 1 aliphatic rings. The molecule has 0 bridgehead atoms. The molecule has 0 saturated carbocycles. The summed E-state index contributed by atoms with van der Waals surface area (Å²) in [6, 6.07) is 18.4. The standard InChI is InChI=1S/C25H29N3O4S/c1-3-28(4-2)33(30,31)20-12-13-24(27-14-16-32-17-15-27)22(18-20)25(29)26-23-11-7-9-19-8-5-6-10-21(19)23/h5-13,18H,3-4,14-17H2,1-2H3,(H,26,29). The van der Waals surface area contributed by atoms with Gasteiger partial charge in [0.05, 0.1) is 23.7 Å². The SMILES string of the molecule is CCN(CC)S(=O)(=O)c1ccc(N2CCOCC2)c(C(=O)Nc2cccc3ccccc23)c1. The summed E-state index contributed by atoms with van der Waals surface area (Å²) in [7, 11) is -3.70. The van der Waals surface area contributed by atoms with Gasteiger partial charge in [0.1, 0.15) is 0 Å². The highest BCUT2D eigenvalue weighted by Crippen LogP contribution is 2.29. The van der Waals surface area contributed by atoms with Crippen molar-refractivity contribution in [2.24, 2.45) is 0 Å². The van der Waals surface area contributed by atoms with Crippen molar-refractivity contribution < 1.29 is 17.9 Å². The second kappa shape index (κ2) is 9.91. The maximum absolute atomic E-state index is 13.5. The molecule has 0 unspecified atom stereocenters. The van der Waals surface area contributed by atoms with Crippen LogP contribution < -0.4 is 10.2 Å². The third-order valence-electron chi connectivity index (χ3n) is 5.95. The van der Waals surface area contributed by atoms with Crippen LogP contribution in [0.3, 0.4) is 0 Å². The molecule has 1 N–H and O–H groups in total. The van der Waals surface area contributed by atoms with Gasteiger partial charge in [0.25, 0.3) is 5.91 Å². The Morgan fingerprint density at radius 2 is 1.70 bits per heavy atom. The second-order valence-corrected chi connectivity index (χ2v) is 9.79. The van der Waals surface area contributed by atoms with Crippen LogP contribution in [0.1, 0.15) is 24.2 Å². The first-order valence-electron chi connectivity index (χ1n) is 11.2. The van der Waals surface area contributed by atoms with Gasteiger partial charge < -0.3 is 15.0 Å². The van der Waals surface area contributed by atoms with Gasteiger partial charge >= 0.3 is 0 Å². The normalized spacial score (nSPS) is 14.6. The van der Waals surface area contributed by atoms with Crippen LogP contribution >= 0.6 is 0 Å². The summed E-state index contributed by atoms with van der Waals surface area (Å²) >= 11 is 0. The molecule has 1 aliphatic heterocycles. The minimum Gasteiger partial charge on any atom is -0.378 e. The molecule has 8 heteroatoms. The number of carbonyl (C=O) groups excluding carboxylic acids is 1. The quantitative estimate of drug-likeness (QED) is 0.569. The van der Waals surface area contributed by atoms with Crippen LogP contribution in [0.25, 0.3) is 10.8 Å². The molecule has 174 valence electrons. The molecule has 4 rings (SSSR count). The highest BCUT2D eigenvalue weighted by atomic mass is 32.2. The number of ether oxygens (including phenoxy) is 1. The van der Waals surface area contributed by atoms with Gasteiger partial charge in [-0.05, 0) is 29.7 Å². The first kappa shape index (κ1) is 23.2. The van der Waals surface area contributed by atoms with Gasteiger partial charge in [-0.1, -0.05) is 50.2 Å². The number of hydrogen-bond acceptors (Lipinski definition) is 5. The predicted molar refractivity (Wildman–Crippen MR) is 131 cm³/mol. The van der Waals surface area contributed by atoms with Crippen molar-refractivity contribution in [1.82, 2.24) is 4.31 Å². The summed E-state index contributed by atoms with van der Waals surface area (Å²) in [5.41, 5.74) is 1.72. The summed E-state index contributed by atoms with van der Waals surface area (Å²) in [6.45, 7) is 6.72. The molecule has 1 amide bonds.